The SMILES string of the molecule is C#CCOc1ccc(CCNC(=O)CCc2nc3ccccc3s2)cc1. The summed E-state index contributed by atoms with van der Waals surface area (Å²) in [6, 6.07) is 15.8. The van der Waals surface area contributed by atoms with Gasteiger partial charge in [0.15, 0.2) is 0 Å². The summed E-state index contributed by atoms with van der Waals surface area (Å²) >= 11 is 1.65. The van der Waals surface area contributed by atoms with E-state index in [4.69, 9.17) is 11.2 Å². The molecule has 132 valence electrons. The molecule has 0 aliphatic rings. The number of carbonyl (C=O) groups is 1. The van der Waals surface area contributed by atoms with E-state index in [-0.39, 0.29) is 12.5 Å². The second kappa shape index (κ2) is 9.02. The van der Waals surface area contributed by atoms with E-state index < -0.39 is 0 Å². The van der Waals surface area contributed by atoms with E-state index in [1.165, 1.54) is 0 Å². The maximum absolute atomic E-state index is 12.0. The molecule has 4 nitrogen and oxygen atoms in total. The Morgan fingerprint density at radius 3 is 2.73 bits per heavy atom. The van der Waals surface area contributed by atoms with E-state index in [0.717, 1.165) is 33.0 Å². The molecule has 1 amide bonds. The van der Waals surface area contributed by atoms with Crippen LogP contribution in [0.5, 0.6) is 5.75 Å². The molecule has 3 aromatic rings. The summed E-state index contributed by atoms with van der Waals surface area (Å²) in [5.41, 5.74) is 2.15. The Morgan fingerprint density at radius 1 is 1.15 bits per heavy atom. The Hall–Kier alpha value is -2.84. The maximum atomic E-state index is 12.0. The minimum Gasteiger partial charge on any atom is -0.481 e. The Morgan fingerprint density at radius 2 is 1.96 bits per heavy atom. The van der Waals surface area contributed by atoms with Crippen molar-refractivity contribution in [1.29, 1.82) is 0 Å². The van der Waals surface area contributed by atoms with Gasteiger partial charge in [0, 0.05) is 19.4 Å². The molecule has 3 rings (SSSR count). The van der Waals surface area contributed by atoms with Gasteiger partial charge in [0.25, 0.3) is 0 Å². The number of thiazole rings is 1. The molecule has 1 aromatic heterocycles. The fourth-order valence-corrected chi connectivity index (χ4v) is 3.53. The molecule has 0 unspecified atom stereocenters. The first-order valence-corrected chi connectivity index (χ1v) is 9.32. The lowest BCUT2D eigenvalue weighted by Gasteiger charge is -2.06. The van der Waals surface area contributed by atoms with Gasteiger partial charge in [-0.05, 0) is 36.2 Å². The number of rotatable bonds is 8. The topological polar surface area (TPSA) is 51.2 Å². The maximum Gasteiger partial charge on any atom is 0.220 e. The van der Waals surface area contributed by atoms with E-state index in [1.807, 2.05) is 42.5 Å². The monoisotopic (exact) mass is 364 g/mol. The van der Waals surface area contributed by atoms with Crippen LogP contribution >= 0.6 is 11.3 Å². The summed E-state index contributed by atoms with van der Waals surface area (Å²) in [7, 11) is 0. The number of hydrogen-bond acceptors (Lipinski definition) is 4. The van der Waals surface area contributed by atoms with Crippen LogP contribution in [0.1, 0.15) is 17.0 Å². The number of hydrogen-bond donors (Lipinski definition) is 1. The number of aryl methyl sites for hydroxylation is 1. The number of aromatic nitrogens is 1. The molecular weight excluding hydrogens is 344 g/mol. The second-order valence-electron chi connectivity index (χ2n) is 5.81. The van der Waals surface area contributed by atoms with Crippen molar-refractivity contribution in [2.75, 3.05) is 13.2 Å². The summed E-state index contributed by atoms with van der Waals surface area (Å²) in [4.78, 5) is 16.6. The standard InChI is InChI=1S/C21H20N2O2S/c1-2-15-25-17-9-7-16(8-10-17)13-14-22-20(24)11-12-21-23-18-5-3-4-6-19(18)26-21/h1,3-10H,11-15H2,(H,22,24). The van der Waals surface area contributed by atoms with Crippen molar-refractivity contribution in [3.8, 4) is 18.1 Å². The van der Waals surface area contributed by atoms with Crippen molar-refractivity contribution >= 4 is 27.5 Å². The highest BCUT2D eigenvalue weighted by atomic mass is 32.1. The van der Waals surface area contributed by atoms with Gasteiger partial charge >= 0.3 is 0 Å². The molecule has 1 N–H and O–H groups in total. The highest BCUT2D eigenvalue weighted by Gasteiger charge is 2.07. The van der Waals surface area contributed by atoms with Crippen molar-refractivity contribution in [2.45, 2.75) is 19.3 Å². The molecule has 0 spiro atoms. The molecule has 0 fully saturated rings. The highest BCUT2D eigenvalue weighted by Crippen LogP contribution is 2.22. The fourth-order valence-electron chi connectivity index (χ4n) is 2.56. The fraction of sp³-hybridized carbons (Fsp3) is 0.238. The van der Waals surface area contributed by atoms with Crippen molar-refractivity contribution in [2.24, 2.45) is 0 Å². The van der Waals surface area contributed by atoms with Gasteiger partial charge in [-0.2, -0.15) is 0 Å². The summed E-state index contributed by atoms with van der Waals surface area (Å²) in [5.74, 6) is 3.25. The normalized spacial score (nSPS) is 10.4. The zero-order chi connectivity index (χ0) is 18.2. The quantitative estimate of drug-likeness (QED) is 0.622. The number of fused-ring (bicyclic) bond motifs is 1. The molecule has 1 heterocycles. The van der Waals surface area contributed by atoms with Crippen LogP contribution in [0.2, 0.25) is 0 Å². The molecule has 0 saturated heterocycles. The Kier molecular flexibility index (Phi) is 6.24. The number of benzene rings is 2. The van der Waals surface area contributed by atoms with Crippen LogP contribution in [0.25, 0.3) is 10.2 Å². The van der Waals surface area contributed by atoms with Gasteiger partial charge < -0.3 is 10.1 Å². The van der Waals surface area contributed by atoms with Gasteiger partial charge in [0.1, 0.15) is 12.4 Å². The lowest BCUT2D eigenvalue weighted by molar-refractivity contribution is -0.121. The smallest absolute Gasteiger partial charge is 0.220 e. The summed E-state index contributed by atoms with van der Waals surface area (Å²) in [6.45, 7) is 0.882. The van der Waals surface area contributed by atoms with Crippen molar-refractivity contribution in [3.63, 3.8) is 0 Å². The number of nitrogens with one attached hydrogen (secondary N) is 1. The lowest BCUT2D eigenvalue weighted by atomic mass is 10.1. The molecule has 26 heavy (non-hydrogen) atoms. The number of nitrogens with zero attached hydrogens (tertiary/aromatic N) is 1. The molecule has 0 aliphatic carbocycles. The largest absolute Gasteiger partial charge is 0.481 e. The van der Waals surface area contributed by atoms with Crippen molar-refractivity contribution in [3.05, 3.63) is 59.1 Å². The van der Waals surface area contributed by atoms with Crippen LogP contribution in [0.3, 0.4) is 0 Å². The first kappa shape index (κ1) is 18.0. The number of ether oxygens (including phenoxy) is 1. The van der Waals surface area contributed by atoms with Gasteiger partial charge in [-0.3, -0.25) is 4.79 Å². The average Bonchev–Trinajstić information content (AvgIpc) is 3.09. The third-order valence-electron chi connectivity index (χ3n) is 3.89. The molecule has 0 saturated carbocycles. The number of terminal acetylenes is 1. The molecule has 0 atom stereocenters. The van der Waals surface area contributed by atoms with E-state index in [1.54, 1.807) is 11.3 Å². The molecule has 0 radical (unpaired) electrons. The van der Waals surface area contributed by atoms with Crippen molar-refractivity contribution < 1.29 is 9.53 Å². The first-order chi connectivity index (χ1) is 12.7. The predicted octanol–water partition coefficient (Wildman–Crippen LogP) is 3.60. The van der Waals surface area contributed by atoms with Crippen LogP contribution in [-0.4, -0.2) is 24.0 Å². The zero-order valence-corrected chi connectivity index (χ0v) is 15.2. The Labute approximate surface area is 157 Å². The van der Waals surface area contributed by atoms with E-state index in [0.29, 0.717) is 19.4 Å². The first-order valence-electron chi connectivity index (χ1n) is 8.51. The molecule has 0 bridgehead atoms. The minimum absolute atomic E-state index is 0.0539. The molecular formula is C21H20N2O2S. The van der Waals surface area contributed by atoms with E-state index in [9.17, 15) is 4.79 Å². The van der Waals surface area contributed by atoms with E-state index >= 15 is 0 Å². The zero-order valence-electron chi connectivity index (χ0n) is 14.4. The summed E-state index contributed by atoms with van der Waals surface area (Å²) in [5, 5.41) is 3.97. The third-order valence-corrected chi connectivity index (χ3v) is 4.98. The number of amides is 1. The summed E-state index contributed by atoms with van der Waals surface area (Å²) in [6.07, 6.45) is 7.07. The number of carbonyl (C=O) groups excluding carboxylic acids is 1. The van der Waals surface area contributed by atoms with Crippen molar-refractivity contribution in [1.82, 2.24) is 10.3 Å². The predicted molar refractivity (Wildman–Crippen MR) is 105 cm³/mol. The second-order valence-corrected chi connectivity index (χ2v) is 6.93. The van der Waals surface area contributed by atoms with Gasteiger partial charge in [-0.15, -0.1) is 17.8 Å². The van der Waals surface area contributed by atoms with Crippen LogP contribution in [0, 0.1) is 12.3 Å². The Bertz CT molecular complexity index is 877. The van der Waals surface area contributed by atoms with Crippen LogP contribution in [0.4, 0.5) is 0 Å². The third kappa shape index (κ3) is 5.08. The summed E-state index contributed by atoms with van der Waals surface area (Å²) < 4.78 is 6.50. The highest BCUT2D eigenvalue weighted by molar-refractivity contribution is 7.18. The molecule has 5 heteroatoms. The van der Waals surface area contributed by atoms with Gasteiger partial charge in [0.05, 0.1) is 15.2 Å². The Balaban J connectivity index is 1.39. The van der Waals surface area contributed by atoms with Crippen LogP contribution in [0.15, 0.2) is 48.5 Å². The van der Waals surface area contributed by atoms with Crippen LogP contribution in [-0.2, 0) is 17.6 Å². The van der Waals surface area contributed by atoms with Gasteiger partial charge in [-0.1, -0.05) is 30.2 Å². The molecule has 2 aromatic carbocycles. The molecule has 0 aliphatic heterocycles. The van der Waals surface area contributed by atoms with Crippen LogP contribution < -0.4 is 10.1 Å². The minimum atomic E-state index is 0.0539. The van der Waals surface area contributed by atoms with Gasteiger partial charge in [0.2, 0.25) is 5.91 Å². The van der Waals surface area contributed by atoms with Gasteiger partial charge in [-0.25, -0.2) is 4.98 Å². The lowest BCUT2D eigenvalue weighted by Crippen LogP contribution is -2.25. The van der Waals surface area contributed by atoms with E-state index in [2.05, 4.69) is 22.3 Å². The average molecular weight is 364 g/mol. The number of para-hydroxylation sites is 1.